The number of carbonyl (C=O) groups excluding carboxylic acids is 1. The molecular formula is C13H17Cl2FN2O. The number of hydrogen-bond donors (Lipinski definition) is 1. The Morgan fingerprint density at radius 2 is 2.32 bits per heavy atom. The minimum atomic E-state index is -0.374. The van der Waals surface area contributed by atoms with Gasteiger partial charge in [-0.05, 0) is 31.5 Å². The summed E-state index contributed by atoms with van der Waals surface area (Å²) in [5.41, 5.74) is 0.369. The van der Waals surface area contributed by atoms with E-state index in [2.05, 4.69) is 5.32 Å². The molecule has 1 aliphatic heterocycles. The lowest BCUT2D eigenvalue weighted by atomic mass is 10.1. The topological polar surface area (TPSA) is 32.3 Å². The third kappa shape index (κ3) is 3.81. The number of amides is 1. The van der Waals surface area contributed by atoms with E-state index in [4.69, 9.17) is 11.6 Å². The van der Waals surface area contributed by atoms with E-state index in [-0.39, 0.29) is 36.7 Å². The third-order valence-corrected chi connectivity index (χ3v) is 3.55. The van der Waals surface area contributed by atoms with E-state index in [9.17, 15) is 9.18 Å². The zero-order valence-electron chi connectivity index (χ0n) is 10.7. The SMILES string of the molecule is CN(Cc1c(F)cccc1Cl)C(=O)C1CCCN1.Cl. The van der Waals surface area contributed by atoms with E-state index in [0.29, 0.717) is 10.6 Å². The van der Waals surface area contributed by atoms with Crippen LogP contribution in [0.4, 0.5) is 4.39 Å². The highest BCUT2D eigenvalue weighted by Crippen LogP contribution is 2.21. The van der Waals surface area contributed by atoms with Crippen LogP contribution in [0.5, 0.6) is 0 Å². The van der Waals surface area contributed by atoms with Gasteiger partial charge in [0.15, 0.2) is 0 Å². The van der Waals surface area contributed by atoms with Gasteiger partial charge >= 0.3 is 0 Å². The van der Waals surface area contributed by atoms with Crippen molar-refractivity contribution in [3.63, 3.8) is 0 Å². The molecule has 0 aliphatic carbocycles. The Kier molecular flexibility index (Phi) is 6.04. The number of carbonyl (C=O) groups is 1. The fourth-order valence-corrected chi connectivity index (χ4v) is 2.38. The molecule has 1 aromatic rings. The Balaban J connectivity index is 0.00000180. The summed E-state index contributed by atoms with van der Waals surface area (Å²) in [6, 6.07) is 4.40. The zero-order chi connectivity index (χ0) is 13.1. The summed E-state index contributed by atoms with van der Waals surface area (Å²) in [7, 11) is 1.67. The maximum Gasteiger partial charge on any atom is 0.239 e. The number of nitrogens with zero attached hydrogens (tertiary/aromatic N) is 1. The molecule has 19 heavy (non-hydrogen) atoms. The van der Waals surface area contributed by atoms with Crippen LogP contribution in [-0.4, -0.2) is 30.4 Å². The van der Waals surface area contributed by atoms with Crippen LogP contribution in [0, 0.1) is 5.82 Å². The van der Waals surface area contributed by atoms with Crippen LogP contribution in [0.3, 0.4) is 0 Å². The van der Waals surface area contributed by atoms with Crippen molar-refractivity contribution >= 4 is 29.9 Å². The first-order valence-electron chi connectivity index (χ1n) is 6.01. The molecule has 1 fully saturated rings. The number of nitrogens with one attached hydrogen (secondary N) is 1. The molecular weight excluding hydrogens is 290 g/mol. The van der Waals surface area contributed by atoms with Crippen LogP contribution in [0.15, 0.2) is 18.2 Å². The molecule has 106 valence electrons. The quantitative estimate of drug-likeness (QED) is 0.931. The predicted octanol–water partition coefficient (Wildman–Crippen LogP) is 2.61. The van der Waals surface area contributed by atoms with Crippen molar-refractivity contribution in [1.29, 1.82) is 0 Å². The minimum absolute atomic E-state index is 0. The third-order valence-electron chi connectivity index (χ3n) is 3.19. The Morgan fingerprint density at radius 1 is 1.58 bits per heavy atom. The fourth-order valence-electron chi connectivity index (χ4n) is 2.16. The number of halogens is 3. The molecule has 0 spiro atoms. The van der Waals surface area contributed by atoms with E-state index < -0.39 is 0 Å². The summed E-state index contributed by atoms with van der Waals surface area (Å²) in [6.45, 7) is 1.06. The van der Waals surface area contributed by atoms with Gasteiger partial charge in [0.1, 0.15) is 5.82 Å². The van der Waals surface area contributed by atoms with Crippen molar-refractivity contribution in [2.24, 2.45) is 0 Å². The van der Waals surface area contributed by atoms with Crippen LogP contribution in [0.25, 0.3) is 0 Å². The smallest absolute Gasteiger partial charge is 0.239 e. The second-order valence-corrected chi connectivity index (χ2v) is 4.95. The highest BCUT2D eigenvalue weighted by Gasteiger charge is 2.25. The first-order valence-corrected chi connectivity index (χ1v) is 6.38. The molecule has 0 saturated carbocycles. The predicted molar refractivity (Wildman–Crippen MR) is 76.2 cm³/mol. The maximum atomic E-state index is 13.6. The van der Waals surface area contributed by atoms with Gasteiger partial charge in [0.05, 0.1) is 6.04 Å². The van der Waals surface area contributed by atoms with Gasteiger partial charge in [-0.25, -0.2) is 4.39 Å². The van der Waals surface area contributed by atoms with Gasteiger partial charge in [0.2, 0.25) is 5.91 Å². The van der Waals surface area contributed by atoms with Gasteiger partial charge in [-0.1, -0.05) is 17.7 Å². The highest BCUT2D eigenvalue weighted by molar-refractivity contribution is 6.31. The van der Waals surface area contributed by atoms with Crippen molar-refractivity contribution in [2.75, 3.05) is 13.6 Å². The van der Waals surface area contributed by atoms with E-state index in [0.717, 1.165) is 19.4 Å². The number of likely N-dealkylation sites (N-methyl/N-ethyl adjacent to an activating group) is 1. The molecule has 1 saturated heterocycles. The molecule has 1 aliphatic rings. The summed E-state index contributed by atoms with van der Waals surface area (Å²) >= 11 is 5.94. The van der Waals surface area contributed by atoms with Crippen LogP contribution in [-0.2, 0) is 11.3 Å². The largest absolute Gasteiger partial charge is 0.340 e. The second kappa shape index (κ2) is 7.08. The van der Waals surface area contributed by atoms with Crippen LogP contribution >= 0.6 is 24.0 Å². The summed E-state index contributed by atoms with van der Waals surface area (Å²) in [6.07, 6.45) is 1.85. The van der Waals surface area contributed by atoms with Crippen molar-refractivity contribution in [2.45, 2.75) is 25.4 Å². The van der Waals surface area contributed by atoms with E-state index >= 15 is 0 Å². The van der Waals surface area contributed by atoms with Gasteiger partial charge in [-0.15, -0.1) is 12.4 Å². The summed E-state index contributed by atoms with van der Waals surface area (Å²) < 4.78 is 13.6. The molecule has 1 heterocycles. The molecule has 1 aromatic carbocycles. The first kappa shape index (κ1) is 16.2. The summed E-state index contributed by atoms with van der Waals surface area (Å²) in [5.74, 6) is -0.381. The molecule has 0 aromatic heterocycles. The fraction of sp³-hybridized carbons (Fsp3) is 0.462. The lowest BCUT2D eigenvalue weighted by molar-refractivity contribution is -0.132. The Labute approximate surface area is 123 Å². The normalized spacial score (nSPS) is 17.9. The Hall–Kier alpha value is -0.840. The molecule has 1 amide bonds. The van der Waals surface area contributed by atoms with Gasteiger partial charge in [0, 0.05) is 24.2 Å². The highest BCUT2D eigenvalue weighted by atomic mass is 35.5. The average Bonchev–Trinajstić information content (AvgIpc) is 2.86. The Morgan fingerprint density at radius 3 is 2.89 bits per heavy atom. The van der Waals surface area contributed by atoms with E-state index in [1.165, 1.54) is 11.0 Å². The van der Waals surface area contributed by atoms with Crippen molar-refractivity contribution < 1.29 is 9.18 Å². The van der Waals surface area contributed by atoms with Crippen molar-refractivity contribution in [3.8, 4) is 0 Å². The molecule has 1 atom stereocenters. The number of rotatable bonds is 3. The molecule has 0 bridgehead atoms. The Bertz CT molecular complexity index is 430. The summed E-state index contributed by atoms with van der Waals surface area (Å²) in [4.78, 5) is 13.6. The molecule has 1 N–H and O–H groups in total. The average molecular weight is 307 g/mol. The molecule has 2 rings (SSSR count). The first-order chi connectivity index (χ1) is 8.59. The van der Waals surface area contributed by atoms with Gasteiger partial charge in [-0.2, -0.15) is 0 Å². The summed E-state index contributed by atoms with van der Waals surface area (Å²) in [5, 5.41) is 3.49. The second-order valence-electron chi connectivity index (χ2n) is 4.54. The molecule has 6 heteroatoms. The lowest BCUT2D eigenvalue weighted by Crippen LogP contribution is -2.41. The number of hydrogen-bond acceptors (Lipinski definition) is 2. The van der Waals surface area contributed by atoms with Crippen molar-refractivity contribution in [1.82, 2.24) is 10.2 Å². The lowest BCUT2D eigenvalue weighted by Gasteiger charge is -2.22. The van der Waals surface area contributed by atoms with Crippen LogP contribution < -0.4 is 5.32 Å². The van der Waals surface area contributed by atoms with Crippen molar-refractivity contribution in [3.05, 3.63) is 34.6 Å². The van der Waals surface area contributed by atoms with Gasteiger partial charge < -0.3 is 10.2 Å². The van der Waals surface area contributed by atoms with Gasteiger partial charge in [-0.3, -0.25) is 4.79 Å². The maximum absolute atomic E-state index is 13.6. The zero-order valence-corrected chi connectivity index (χ0v) is 12.2. The van der Waals surface area contributed by atoms with Gasteiger partial charge in [0.25, 0.3) is 0 Å². The molecule has 1 unspecified atom stereocenters. The van der Waals surface area contributed by atoms with Crippen LogP contribution in [0.2, 0.25) is 5.02 Å². The van der Waals surface area contributed by atoms with E-state index in [1.807, 2.05) is 0 Å². The molecule has 0 radical (unpaired) electrons. The number of benzene rings is 1. The monoisotopic (exact) mass is 306 g/mol. The molecule has 3 nitrogen and oxygen atoms in total. The minimum Gasteiger partial charge on any atom is -0.340 e. The standard InChI is InChI=1S/C13H16ClFN2O.ClH/c1-17(13(18)12-6-3-7-16-12)8-9-10(14)4-2-5-11(9)15;/h2,4-5,12,16H,3,6-8H2,1H3;1H. The van der Waals surface area contributed by atoms with Crippen LogP contribution in [0.1, 0.15) is 18.4 Å². The van der Waals surface area contributed by atoms with E-state index in [1.54, 1.807) is 19.2 Å².